The zero-order chi connectivity index (χ0) is 61.1. The quantitative estimate of drug-likeness (QED) is 0.0435. The summed E-state index contributed by atoms with van der Waals surface area (Å²) in [6.07, 6.45) is 4.65. The molecule has 5 heterocycles. The van der Waals surface area contributed by atoms with Crippen LogP contribution in [0.3, 0.4) is 0 Å². The van der Waals surface area contributed by atoms with Crippen LogP contribution in [0, 0.1) is 17.8 Å². The fourth-order valence-corrected chi connectivity index (χ4v) is 21.5. The van der Waals surface area contributed by atoms with E-state index in [-0.39, 0.29) is 106 Å². The zero-order valence-electron chi connectivity index (χ0n) is 49.8. The first-order valence-corrected chi connectivity index (χ1v) is 36.4. The van der Waals surface area contributed by atoms with Crippen LogP contribution in [-0.2, 0) is 42.7 Å². The molecule has 0 radical (unpaired) electrons. The van der Waals surface area contributed by atoms with Gasteiger partial charge in [-0.15, -0.1) is 0 Å². The van der Waals surface area contributed by atoms with Gasteiger partial charge in [0.2, 0.25) is 11.2 Å². The second-order valence-corrected chi connectivity index (χ2v) is 31.2. The van der Waals surface area contributed by atoms with Gasteiger partial charge in [0.1, 0.15) is 40.1 Å². The molecule has 0 amide bonds. The Morgan fingerprint density at radius 2 is 1.64 bits per heavy atom. The van der Waals surface area contributed by atoms with Crippen LogP contribution in [0.15, 0.2) is 88.1 Å². The maximum absolute atomic E-state index is 15.8. The third-order valence-electron chi connectivity index (χ3n) is 19.6. The molecule has 4 aliphatic heterocycles. The van der Waals surface area contributed by atoms with Crippen molar-refractivity contribution in [3.8, 4) is 45.4 Å². The van der Waals surface area contributed by atoms with Crippen molar-refractivity contribution in [3.05, 3.63) is 150 Å². The zero-order valence-corrected chi connectivity index (χ0v) is 53.1. The van der Waals surface area contributed by atoms with Gasteiger partial charge >= 0.3 is 0 Å². The normalized spacial score (nSPS) is 24.8. The molecule has 2 saturated heterocycles. The van der Waals surface area contributed by atoms with E-state index < -0.39 is 35.4 Å². The largest absolute Gasteiger partial charge is 0.507 e. The number of piperidine rings is 1. The Labute approximate surface area is 529 Å². The number of Topliss-reactive ketones (excluding diaryl/α,β-unsaturated/α-hetero) is 1. The summed E-state index contributed by atoms with van der Waals surface area (Å²) in [7, 11) is 6.78. The topological polar surface area (TPSA) is 230 Å². The van der Waals surface area contributed by atoms with Crippen LogP contribution >= 0.6 is 43.2 Å². The van der Waals surface area contributed by atoms with Crippen molar-refractivity contribution in [1.29, 1.82) is 0 Å². The number of carbonyl (C=O) groups excluding carboxylic acids is 1. The highest BCUT2D eigenvalue weighted by Gasteiger charge is 2.47. The van der Waals surface area contributed by atoms with E-state index in [2.05, 4.69) is 73.8 Å². The van der Waals surface area contributed by atoms with E-state index in [1.807, 2.05) is 18.2 Å². The second-order valence-electron chi connectivity index (χ2n) is 25.9. The second kappa shape index (κ2) is 26.2. The summed E-state index contributed by atoms with van der Waals surface area (Å²) in [5.74, 6) is 0.162. The molecule has 1 aromatic heterocycles. The molecule has 0 spiro atoms. The van der Waals surface area contributed by atoms with E-state index in [1.165, 1.54) is 11.6 Å². The standard InChI is InChI=1S/C71H79NO12S4/c1-36(2)22-44-30-50(53-35-86-87-58-28-40(24-37-8-3-9-38(23-37)26-45(76)13-6-19-74)34-72-64(58)43-11-4-10-39(25-43)27-49(53)65(44)79)69-68(82)67(81)63-57(84-69)33-55(78)61-51-31-48-46(17-20-75)41(12-5-18-73)29-42-15-16-47-62(59(42)48)60(51)52-32-56(83-70(61)63)54(77)14-7-21-85-88-71(47)66(52)80/h3-4,8-11,15-16,23,25,30-31,33,36,40-41,46,52,54,56,58,64,66,71-75,77-80,82H,5-7,12-14,17-22,24,26-29,32,34-35H2,1-2H3/t40-,41-,46-,52+,54-,56+,58-,64-,66-,71-/m0/s1. The SMILES string of the molecule is CC(C)Cc1cc(-c2oc3cc(O)c4c(c3c(=O)c2O)O[C@@H]2C[C@@H]3c5c-4cc4c6c(ccc(c56)[C@H](SSCCC[C@@H]2O)[C@H]3O)C[C@H](CCCO)[C@@H]4CCO)c2c(c1O)Cc1cccc(c1)[C@@H]1NC[C@@H](Cc3cccc(CC(=O)CCCO)c3)C[C@@H]1SSC2. The van der Waals surface area contributed by atoms with Crippen molar-refractivity contribution in [2.45, 2.75) is 156 Å². The number of fused-ring (bicyclic) bond motifs is 12. The molecule has 17 heteroatoms. The summed E-state index contributed by atoms with van der Waals surface area (Å²) in [6, 6.07) is 26.5. The number of ketones is 1. The van der Waals surface area contributed by atoms with Crippen molar-refractivity contribution in [3.63, 3.8) is 0 Å². The monoisotopic (exact) mass is 1270 g/mol. The number of carbonyl (C=O) groups is 1. The van der Waals surface area contributed by atoms with Gasteiger partial charge in [-0.1, -0.05) is 118 Å². The minimum atomic E-state index is -1.03. The van der Waals surface area contributed by atoms with Gasteiger partial charge in [-0.3, -0.25) is 9.59 Å². The first kappa shape index (κ1) is 61.7. The van der Waals surface area contributed by atoms with Crippen LogP contribution in [0.25, 0.3) is 44.2 Å². The number of hydrogen-bond donors (Lipinski definition) is 9. The van der Waals surface area contributed by atoms with Gasteiger partial charge in [0, 0.05) is 85.0 Å². The smallest absolute Gasteiger partial charge is 0.238 e. The highest BCUT2D eigenvalue weighted by atomic mass is 33.1. The molecular weight excluding hydrogens is 1190 g/mol. The fraction of sp³-hybridized carbons (Fsp3) is 0.465. The van der Waals surface area contributed by atoms with Gasteiger partial charge in [0.05, 0.1) is 23.0 Å². The molecule has 5 bridgehead atoms. The van der Waals surface area contributed by atoms with E-state index in [9.17, 15) is 45.6 Å². The predicted molar refractivity (Wildman–Crippen MR) is 354 cm³/mol. The average molecular weight is 1270 g/mol. The van der Waals surface area contributed by atoms with Crippen molar-refractivity contribution >= 4 is 70.7 Å². The molecule has 2 aliphatic carbocycles. The van der Waals surface area contributed by atoms with E-state index in [1.54, 1.807) is 43.2 Å². The van der Waals surface area contributed by atoms with Crippen molar-refractivity contribution < 1.29 is 54.8 Å². The van der Waals surface area contributed by atoms with Crippen LogP contribution in [-0.4, -0.2) is 102 Å². The van der Waals surface area contributed by atoms with Crippen LogP contribution in [0.4, 0.5) is 0 Å². The summed E-state index contributed by atoms with van der Waals surface area (Å²) < 4.78 is 14.0. The molecule has 7 aromatic rings. The Balaban J connectivity index is 0.946. The Hall–Kier alpha value is -5.18. The number of rotatable bonds is 15. The van der Waals surface area contributed by atoms with Gasteiger partial charge in [-0.05, 0) is 185 Å². The molecule has 0 saturated carbocycles. The van der Waals surface area contributed by atoms with Gasteiger partial charge in [0.25, 0.3) is 0 Å². The molecule has 13 nitrogen and oxygen atoms in total. The highest BCUT2D eigenvalue weighted by Crippen LogP contribution is 2.61. The van der Waals surface area contributed by atoms with Crippen LogP contribution < -0.4 is 15.5 Å². The van der Waals surface area contributed by atoms with E-state index in [0.29, 0.717) is 103 Å². The number of aliphatic hydroxyl groups excluding tert-OH is 5. The Bertz CT molecular complexity index is 3870. The summed E-state index contributed by atoms with van der Waals surface area (Å²) in [4.78, 5) is 28.4. The lowest BCUT2D eigenvalue weighted by Gasteiger charge is -2.43. The summed E-state index contributed by atoms with van der Waals surface area (Å²) >= 11 is 0. The van der Waals surface area contributed by atoms with Crippen LogP contribution in [0.1, 0.15) is 156 Å². The number of phenols is 2. The van der Waals surface area contributed by atoms with E-state index >= 15 is 4.79 Å². The minimum Gasteiger partial charge on any atom is -0.507 e. The van der Waals surface area contributed by atoms with Gasteiger partial charge in [0.15, 0.2) is 5.76 Å². The maximum Gasteiger partial charge on any atom is 0.238 e. The molecule has 6 aromatic carbocycles. The summed E-state index contributed by atoms with van der Waals surface area (Å²) in [5.41, 5.74) is 10.6. The third kappa shape index (κ3) is 11.7. The lowest BCUT2D eigenvalue weighted by atomic mass is 9.65. The minimum absolute atomic E-state index is 0.00248. The highest BCUT2D eigenvalue weighted by molar-refractivity contribution is 8.77. The van der Waals surface area contributed by atoms with Crippen molar-refractivity contribution in [2.75, 3.05) is 32.1 Å². The van der Waals surface area contributed by atoms with Crippen molar-refractivity contribution in [2.24, 2.45) is 17.8 Å². The fourth-order valence-electron chi connectivity index (χ4n) is 15.6. The molecule has 0 unspecified atom stereocenters. The first-order chi connectivity index (χ1) is 42.7. The number of phenolic OH excluding ortho intramolecular Hbond substituents is 2. The molecule has 88 heavy (non-hydrogen) atoms. The number of benzene rings is 6. The number of nitrogens with one attached hydrogen (secondary N) is 1. The lowest BCUT2D eigenvalue weighted by molar-refractivity contribution is -0.118. The van der Waals surface area contributed by atoms with E-state index in [0.717, 1.165) is 81.9 Å². The molecule has 13 rings (SSSR count). The van der Waals surface area contributed by atoms with Gasteiger partial charge in [-0.2, -0.15) is 0 Å². The predicted octanol–water partition coefficient (Wildman–Crippen LogP) is 12.8. The Kier molecular flexibility index (Phi) is 18.4. The van der Waals surface area contributed by atoms with Gasteiger partial charge < -0.3 is 55.3 Å². The average Bonchev–Trinajstić information content (AvgIpc) is 0.742. The Morgan fingerprint density at radius 3 is 2.45 bits per heavy atom. The lowest BCUT2D eigenvalue weighted by Crippen LogP contribution is -2.41. The van der Waals surface area contributed by atoms with E-state index in [4.69, 9.17) is 9.15 Å². The van der Waals surface area contributed by atoms with Gasteiger partial charge in [-0.25, -0.2) is 0 Å². The number of aromatic hydroxyl groups is 3. The molecule has 9 N–H and O–H groups in total. The molecule has 10 atom stereocenters. The molecule has 464 valence electrons. The van der Waals surface area contributed by atoms with Crippen molar-refractivity contribution in [1.82, 2.24) is 5.32 Å². The number of ether oxygens (including phenoxy) is 1. The number of hydrogen-bond acceptors (Lipinski definition) is 17. The molecule has 6 aliphatic rings. The molecular formula is C71H79NO12S4. The third-order valence-corrected chi connectivity index (χ3v) is 25.2. The summed E-state index contributed by atoms with van der Waals surface area (Å²) in [6.45, 7) is 4.93. The first-order valence-electron chi connectivity index (χ1n) is 31.6. The molecule has 2 fully saturated rings. The maximum atomic E-state index is 15.8. The van der Waals surface area contributed by atoms with Crippen LogP contribution in [0.2, 0.25) is 0 Å². The summed E-state index contributed by atoms with van der Waals surface area (Å²) in [5, 5.41) is 99.0. The number of aliphatic hydroxyl groups is 5. The van der Waals surface area contributed by atoms with Crippen LogP contribution in [0.5, 0.6) is 23.0 Å². The Morgan fingerprint density at radius 1 is 0.807 bits per heavy atom.